The van der Waals surface area contributed by atoms with Gasteiger partial charge in [-0.15, -0.1) is 0 Å². The molecule has 8 heteroatoms. The van der Waals surface area contributed by atoms with Crippen molar-refractivity contribution in [3.8, 4) is 11.1 Å². The quantitative estimate of drug-likeness (QED) is 0.282. The molecule has 0 atom stereocenters. The lowest BCUT2D eigenvalue weighted by atomic mass is 10.0. The lowest BCUT2D eigenvalue weighted by molar-refractivity contribution is -0.325. The first-order valence-electron chi connectivity index (χ1n) is 9.11. The molecule has 0 radical (unpaired) electrons. The van der Waals surface area contributed by atoms with Crippen LogP contribution in [0, 0.1) is 0 Å². The van der Waals surface area contributed by atoms with E-state index in [9.17, 15) is 9.59 Å². The zero-order chi connectivity index (χ0) is 22.1. The Bertz CT molecular complexity index is 762. The molecule has 2 aromatic carbocycles. The smallest absolute Gasteiger partial charge is 0.370 e. The summed E-state index contributed by atoms with van der Waals surface area (Å²) in [6.45, 7) is 2.25. The van der Waals surface area contributed by atoms with Crippen LogP contribution in [-0.4, -0.2) is 49.0 Å². The van der Waals surface area contributed by atoms with Crippen molar-refractivity contribution in [2.45, 2.75) is 44.2 Å². The number of carbonyl (C=O) groups excluding carboxylic acids is 1. The number of unbranched alkanes of at least 4 members (excludes halogenated alkanes) is 2. The highest BCUT2D eigenvalue weighted by atomic mass is 16.6. The molecule has 29 heavy (non-hydrogen) atoms. The maximum absolute atomic E-state index is 10.1. The number of rotatable bonds is 8. The van der Waals surface area contributed by atoms with Gasteiger partial charge < -0.3 is 31.3 Å². The van der Waals surface area contributed by atoms with Crippen molar-refractivity contribution in [3.63, 3.8) is 0 Å². The van der Waals surface area contributed by atoms with Gasteiger partial charge in [0.2, 0.25) is 0 Å². The highest BCUT2D eigenvalue weighted by Gasteiger charge is 2.58. The average Bonchev–Trinajstić information content (AvgIpc) is 2.69. The molecule has 0 aromatic heterocycles. The number of carboxylic acid groups (broad SMARTS) is 1. The van der Waals surface area contributed by atoms with Crippen molar-refractivity contribution >= 4 is 11.9 Å². The number of carboxylic acids is 1. The largest absolute Gasteiger partial charge is 0.477 e. The second-order valence-corrected chi connectivity index (χ2v) is 6.53. The molecular formula is C21H27NO7. The number of nitrogens with two attached hydrogens (primary N) is 1. The molecule has 158 valence electrons. The van der Waals surface area contributed by atoms with Gasteiger partial charge in [-0.05, 0) is 29.5 Å². The van der Waals surface area contributed by atoms with E-state index in [0.29, 0.717) is 0 Å². The normalized spacial score (nSPS) is 11.3. The molecule has 2 rings (SSSR count). The predicted molar refractivity (Wildman–Crippen MR) is 106 cm³/mol. The number of hydrogen-bond donors (Lipinski definition) is 6. The van der Waals surface area contributed by atoms with Gasteiger partial charge in [0, 0.05) is 0 Å². The molecule has 0 saturated heterocycles. The molecule has 0 fully saturated rings. The van der Waals surface area contributed by atoms with Gasteiger partial charge >= 0.3 is 17.5 Å². The van der Waals surface area contributed by atoms with Gasteiger partial charge in [0.15, 0.2) is 0 Å². The number of primary amides is 1. The molecule has 0 spiro atoms. The van der Waals surface area contributed by atoms with Crippen molar-refractivity contribution in [2.24, 2.45) is 5.73 Å². The zero-order valence-corrected chi connectivity index (χ0v) is 16.2. The number of amides is 1. The zero-order valence-electron chi connectivity index (χ0n) is 16.2. The molecule has 0 aliphatic heterocycles. The van der Waals surface area contributed by atoms with Crippen molar-refractivity contribution in [1.82, 2.24) is 0 Å². The third kappa shape index (κ3) is 6.65. The molecule has 2 aromatic rings. The van der Waals surface area contributed by atoms with Gasteiger partial charge in [0.05, 0.1) is 0 Å². The van der Waals surface area contributed by atoms with Gasteiger partial charge in [0.1, 0.15) is 0 Å². The van der Waals surface area contributed by atoms with Crippen LogP contribution in [0.4, 0.5) is 0 Å². The summed E-state index contributed by atoms with van der Waals surface area (Å²) in [5, 5.41) is 41.9. The van der Waals surface area contributed by atoms with E-state index < -0.39 is 23.5 Å². The standard InChI is InChI=1S/C17H20.C4H7NO7/c1-2-3-5-8-15-11-13-17(14-12-15)16-9-6-4-7-10-16;5-1(6)3(9,10)4(11,12)2(7)8/h4,6-7,9-14H,2-3,5,8H2,1H3;9-12H,(H2,5,6)(H,7,8). The third-order valence-electron chi connectivity index (χ3n) is 4.26. The number of aliphatic hydroxyl groups is 4. The van der Waals surface area contributed by atoms with Crippen LogP contribution in [0.3, 0.4) is 0 Å². The van der Waals surface area contributed by atoms with Crippen LogP contribution in [0.2, 0.25) is 0 Å². The molecule has 8 nitrogen and oxygen atoms in total. The fourth-order valence-corrected chi connectivity index (χ4v) is 2.39. The topological polar surface area (TPSA) is 161 Å². The Labute approximate surface area is 168 Å². The number of aliphatic carboxylic acids is 1. The fourth-order valence-electron chi connectivity index (χ4n) is 2.39. The molecule has 7 N–H and O–H groups in total. The van der Waals surface area contributed by atoms with Gasteiger partial charge in [0.25, 0.3) is 5.91 Å². The van der Waals surface area contributed by atoms with Crippen LogP contribution in [0.25, 0.3) is 11.1 Å². The van der Waals surface area contributed by atoms with E-state index in [1.165, 1.54) is 42.4 Å². The Balaban J connectivity index is 0.000000311. The van der Waals surface area contributed by atoms with E-state index in [1.807, 2.05) is 0 Å². The van der Waals surface area contributed by atoms with E-state index >= 15 is 0 Å². The monoisotopic (exact) mass is 405 g/mol. The second-order valence-electron chi connectivity index (χ2n) is 6.53. The van der Waals surface area contributed by atoms with E-state index in [0.717, 1.165) is 0 Å². The number of carbonyl (C=O) groups is 2. The second kappa shape index (κ2) is 10.7. The SMILES string of the molecule is CCCCCc1ccc(-c2ccccc2)cc1.NC(=O)C(O)(O)C(O)(O)C(=O)O. The summed E-state index contributed by atoms with van der Waals surface area (Å²) in [6, 6.07) is 19.5. The maximum Gasteiger partial charge on any atom is 0.370 e. The summed E-state index contributed by atoms with van der Waals surface area (Å²) in [7, 11) is 0. The van der Waals surface area contributed by atoms with E-state index in [-0.39, 0.29) is 0 Å². The first-order valence-corrected chi connectivity index (χ1v) is 9.11. The Morgan fingerprint density at radius 2 is 1.34 bits per heavy atom. The summed E-state index contributed by atoms with van der Waals surface area (Å²) < 4.78 is 0. The van der Waals surface area contributed by atoms with Gasteiger partial charge in [-0.2, -0.15) is 0 Å². The Morgan fingerprint density at radius 3 is 1.76 bits per heavy atom. The minimum absolute atomic E-state index is 1.21. The highest BCUT2D eigenvalue weighted by molar-refractivity contribution is 5.90. The lowest BCUT2D eigenvalue weighted by Crippen LogP contribution is -2.65. The minimum Gasteiger partial charge on any atom is -0.477 e. The first kappa shape index (κ1) is 24.3. The van der Waals surface area contributed by atoms with Crippen LogP contribution < -0.4 is 5.73 Å². The summed E-state index contributed by atoms with van der Waals surface area (Å²) >= 11 is 0. The summed E-state index contributed by atoms with van der Waals surface area (Å²) in [5.74, 6) is -12.4. The highest BCUT2D eigenvalue weighted by Crippen LogP contribution is 2.20. The van der Waals surface area contributed by atoms with Crippen LogP contribution in [0.15, 0.2) is 54.6 Å². The molecule has 0 unspecified atom stereocenters. The Hall–Kier alpha value is -2.78. The summed E-state index contributed by atoms with van der Waals surface area (Å²) in [6.07, 6.45) is 5.15. The van der Waals surface area contributed by atoms with E-state index in [2.05, 4.69) is 67.3 Å². The van der Waals surface area contributed by atoms with Gasteiger partial charge in [-0.3, -0.25) is 4.79 Å². The Morgan fingerprint density at radius 1 is 0.828 bits per heavy atom. The fraction of sp³-hybridized carbons (Fsp3) is 0.333. The number of hydrogen-bond acceptors (Lipinski definition) is 6. The van der Waals surface area contributed by atoms with Crippen LogP contribution in [0.5, 0.6) is 0 Å². The summed E-state index contributed by atoms with van der Waals surface area (Å²) in [5.41, 5.74) is 8.34. The van der Waals surface area contributed by atoms with E-state index in [4.69, 9.17) is 25.5 Å². The van der Waals surface area contributed by atoms with Crippen molar-refractivity contribution in [1.29, 1.82) is 0 Å². The van der Waals surface area contributed by atoms with Crippen molar-refractivity contribution in [2.75, 3.05) is 0 Å². The first-order chi connectivity index (χ1) is 13.5. The van der Waals surface area contributed by atoms with E-state index in [1.54, 1.807) is 0 Å². The van der Waals surface area contributed by atoms with Crippen molar-refractivity contribution < 1.29 is 35.1 Å². The summed E-state index contributed by atoms with van der Waals surface area (Å²) in [4.78, 5) is 20.1. The lowest BCUT2D eigenvalue weighted by Gasteiger charge is -2.27. The predicted octanol–water partition coefficient (Wildman–Crippen LogP) is 1.00. The molecule has 0 heterocycles. The minimum atomic E-state index is -4.03. The van der Waals surface area contributed by atoms with Crippen LogP contribution in [-0.2, 0) is 16.0 Å². The van der Waals surface area contributed by atoms with Gasteiger partial charge in [-0.1, -0.05) is 74.4 Å². The number of aryl methyl sites for hydroxylation is 1. The molecule has 0 saturated carbocycles. The third-order valence-corrected chi connectivity index (χ3v) is 4.26. The van der Waals surface area contributed by atoms with Crippen molar-refractivity contribution in [3.05, 3.63) is 60.2 Å². The molecule has 0 aliphatic carbocycles. The van der Waals surface area contributed by atoms with Crippen LogP contribution in [0.1, 0.15) is 31.7 Å². The molecule has 0 bridgehead atoms. The molecular weight excluding hydrogens is 378 g/mol. The maximum atomic E-state index is 10.1. The molecule has 0 aliphatic rings. The van der Waals surface area contributed by atoms with Crippen LogP contribution >= 0.6 is 0 Å². The Kier molecular flexibility index (Phi) is 8.93. The van der Waals surface area contributed by atoms with Gasteiger partial charge in [-0.25, -0.2) is 4.79 Å². The molecule has 1 amide bonds. The number of benzene rings is 2. The average molecular weight is 405 g/mol.